The zero-order valence-corrected chi connectivity index (χ0v) is 11.0. The predicted molar refractivity (Wildman–Crippen MR) is 80.8 cm³/mol. The molecule has 0 saturated heterocycles. The van der Waals surface area contributed by atoms with E-state index in [1.54, 1.807) is 0 Å². The minimum atomic E-state index is 1.17. The maximum Gasteiger partial charge on any atom is -0.00336 e. The van der Waals surface area contributed by atoms with E-state index in [-0.39, 0.29) is 0 Å². The highest BCUT2D eigenvalue weighted by Crippen LogP contribution is 2.22. The maximum atomic E-state index is 2.37. The van der Waals surface area contributed by atoms with Gasteiger partial charge in [0.1, 0.15) is 0 Å². The number of benzene rings is 2. The summed E-state index contributed by atoms with van der Waals surface area (Å²) >= 11 is 0. The Labute approximate surface area is 108 Å². The number of hydrogen-bond acceptors (Lipinski definition) is 0. The van der Waals surface area contributed by atoms with Crippen LogP contribution in [-0.4, -0.2) is 0 Å². The lowest BCUT2D eigenvalue weighted by atomic mass is 9.90. The summed E-state index contributed by atoms with van der Waals surface area (Å²) in [6.07, 6.45) is 11.3. The van der Waals surface area contributed by atoms with Crippen molar-refractivity contribution in [2.45, 2.75) is 26.7 Å². The summed E-state index contributed by atoms with van der Waals surface area (Å²) in [4.78, 5) is 0. The molecule has 0 fully saturated rings. The molecular formula is C18H18. The van der Waals surface area contributed by atoms with Crippen molar-refractivity contribution in [3.05, 3.63) is 51.9 Å². The van der Waals surface area contributed by atoms with E-state index in [0.29, 0.717) is 0 Å². The lowest BCUT2D eigenvalue weighted by molar-refractivity contribution is 1.03. The summed E-state index contributed by atoms with van der Waals surface area (Å²) in [5.74, 6) is 0. The van der Waals surface area contributed by atoms with Crippen LogP contribution in [0.2, 0.25) is 0 Å². The zero-order valence-electron chi connectivity index (χ0n) is 11.0. The van der Waals surface area contributed by atoms with E-state index in [9.17, 15) is 0 Å². The molecule has 2 aromatic rings. The first-order chi connectivity index (χ1) is 8.85. The number of hydrogen-bond donors (Lipinski definition) is 0. The lowest BCUT2D eigenvalue weighted by Gasteiger charge is -2.14. The van der Waals surface area contributed by atoms with Crippen molar-refractivity contribution in [3.8, 4) is 0 Å². The summed E-state index contributed by atoms with van der Waals surface area (Å²) in [6, 6.07) is 9.07. The summed E-state index contributed by atoms with van der Waals surface area (Å²) in [7, 11) is 0. The highest BCUT2D eigenvalue weighted by molar-refractivity contribution is 5.95. The van der Waals surface area contributed by atoms with Gasteiger partial charge in [-0.3, -0.25) is 0 Å². The third-order valence-corrected chi connectivity index (χ3v) is 3.78. The Morgan fingerprint density at radius 2 is 1.89 bits per heavy atom. The summed E-state index contributed by atoms with van der Waals surface area (Å²) < 4.78 is 0. The molecule has 0 atom stereocenters. The fourth-order valence-electron chi connectivity index (χ4n) is 2.97. The molecule has 0 saturated carbocycles. The van der Waals surface area contributed by atoms with Gasteiger partial charge in [-0.15, -0.1) is 0 Å². The van der Waals surface area contributed by atoms with Crippen molar-refractivity contribution < 1.29 is 0 Å². The lowest BCUT2D eigenvalue weighted by Crippen LogP contribution is -2.16. The van der Waals surface area contributed by atoms with Crippen LogP contribution in [0, 0.1) is 0 Å². The second-order valence-electron chi connectivity index (χ2n) is 4.84. The van der Waals surface area contributed by atoms with Gasteiger partial charge in [0.15, 0.2) is 0 Å². The molecule has 0 heteroatoms. The summed E-state index contributed by atoms with van der Waals surface area (Å²) in [5, 5.41) is 5.64. The fraction of sp³-hybridized carbons (Fsp3) is 0.222. The molecule has 0 bridgehead atoms. The second-order valence-corrected chi connectivity index (χ2v) is 4.84. The van der Waals surface area contributed by atoms with Gasteiger partial charge in [-0.25, -0.2) is 0 Å². The van der Waals surface area contributed by atoms with Crippen LogP contribution in [0.3, 0.4) is 0 Å². The van der Waals surface area contributed by atoms with E-state index in [1.165, 1.54) is 45.2 Å². The monoisotopic (exact) mass is 234 g/mol. The zero-order chi connectivity index (χ0) is 12.5. The topological polar surface area (TPSA) is 0 Å². The summed E-state index contributed by atoms with van der Waals surface area (Å²) in [5.41, 5.74) is 2.83. The average molecular weight is 234 g/mol. The van der Waals surface area contributed by atoms with Crippen molar-refractivity contribution in [2.24, 2.45) is 0 Å². The first-order valence-electron chi connectivity index (χ1n) is 6.69. The number of aryl methyl sites for hydroxylation is 1. The predicted octanol–water partition coefficient (Wildman–Crippen LogP) is 3.40. The number of allylic oxidation sites excluding steroid dienone is 1. The van der Waals surface area contributed by atoms with Gasteiger partial charge in [-0.05, 0) is 59.0 Å². The first kappa shape index (κ1) is 11.3. The van der Waals surface area contributed by atoms with Crippen molar-refractivity contribution in [3.63, 3.8) is 0 Å². The molecule has 18 heavy (non-hydrogen) atoms. The minimum Gasteiger partial charge on any atom is -0.0870 e. The molecule has 3 rings (SSSR count). The molecule has 0 amide bonds. The van der Waals surface area contributed by atoms with Gasteiger partial charge < -0.3 is 0 Å². The van der Waals surface area contributed by atoms with Crippen molar-refractivity contribution in [1.82, 2.24) is 0 Å². The third-order valence-electron chi connectivity index (χ3n) is 3.78. The molecule has 90 valence electrons. The van der Waals surface area contributed by atoms with Crippen LogP contribution >= 0.6 is 0 Å². The normalized spacial score (nSPS) is 15.3. The first-order valence-corrected chi connectivity index (χ1v) is 6.69. The molecule has 0 nitrogen and oxygen atoms in total. The van der Waals surface area contributed by atoms with E-state index in [2.05, 4.69) is 62.4 Å². The van der Waals surface area contributed by atoms with Gasteiger partial charge in [0.05, 0.1) is 0 Å². The fourth-order valence-corrected chi connectivity index (χ4v) is 2.97. The Balaban J connectivity index is 2.61. The molecule has 0 spiro atoms. The van der Waals surface area contributed by atoms with Crippen LogP contribution in [0.4, 0.5) is 0 Å². The molecule has 0 N–H and O–H groups in total. The van der Waals surface area contributed by atoms with E-state index < -0.39 is 0 Å². The van der Waals surface area contributed by atoms with Crippen molar-refractivity contribution >= 4 is 29.0 Å². The molecule has 0 aromatic heterocycles. The molecule has 1 aliphatic rings. The third kappa shape index (κ3) is 1.60. The highest BCUT2D eigenvalue weighted by atomic mass is 14.1. The smallest absolute Gasteiger partial charge is 0.00336 e. The van der Waals surface area contributed by atoms with E-state index in [0.717, 1.165) is 0 Å². The van der Waals surface area contributed by atoms with E-state index in [4.69, 9.17) is 0 Å². The van der Waals surface area contributed by atoms with E-state index in [1.807, 2.05) is 0 Å². The Morgan fingerprint density at radius 1 is 1.00 bits per heavy atom. The molecule has 0 heterocycles. The Bertz CT molecular complexity index is 746. The molecular weight excluding hydrogens is 216 g/mol. The highest BCUT2D eigenvalue weighted by Gasteiger charge is 2.09. The van der Waals surface area contributed by atoms with Crippen LogP contribution in [0.15, 0.2) is 30.3 Å². The summed E-state index contributed by atoms with van der Waals surface area (Å²) in [6.45, 7) is 4.20. The molecule has 0 unspecified atom stereocenters. The number of rotatable bonds is 1. The minimum absolute atomic E-state index is 1.17. The SMILES string of the molecule is C/C=C\c1ccc2c3c(cc/c(=C/C)c13)=CCC2. The molecule has 2 aromatic carbocycles. The van der Waals surface area contributed by atoms with Gasteiger partial charge in [0.2, 0.25) is 0 Å². The Morgan fingerprint density at radius 3 is 2.67 bits per heavy atom. The maximum absolute atomic E-state index is 2.37. The van der Waals surface area contributed by atoms with Gasteiger partial charge in [-0.2, -0.15) is 0 Å². The van der Waals surface area contributed by atoms with E-state index >= 15 is 0 Å². The van der Waals surface area contributed by atoms with Crippen LogP contribution in [0.1, 0.15) is 31.4 Å². The van der Waals surface area contributed by atoms with Crippen LogP contribution in [-0.2, 0) is 6.42 Å². The van der Waals surface area contributed by atoms with Crippen LogP contribution in [0.25, 0.3) is 29.0 Å². The van der Waals surface area contributed by atoms with Crippen molar-refractivity contribution in [2.75, 3.05) is 0 Å². The molecule has 0 radical (unpaired) electrons. The standard InChI is InChI=1S/C18H18/c1-3-6-14-11-12-16-8-5-7-15-10-9-13(4-2)17(14)18(15)16/h3-4,6-7,9-12H,5,8H2,1-2H3/b6-3-,13-4-. The second kappa shape index (κ2) is 4.45. The van der Waals surface area contributed by atoms with Crippen LogP contribution < -0.4 is 10.4 Å². The quantitative estimate of drug-likeness (QED) is 0.709. The molecule has 0 aliphatic heterocycles. The van der Waals surface area contributed by atoms with Crippen LogP contribution in [0.5, 0.6) is 0 Å². The Hall–Kier alpha value is -1.82. The largest absolute Gasteiger partial charge is 0.0870 e. The Kier molecular flexibility index (Phi) is 2.79. The average Bonchev–Trinajstić information content (AvgIpc) is 2.42. The molecule has 1 aliphatic carbocycles. The van der Waals surface area contributed by atoms with Gasteiger partial charge >= 0.3 is 0 Å². The van der Waals surface area contributed by atoms with Gasteiger partial charge in [0, 0.05) is 0 Å². The van der Waals surface area contributed by atoms with Gasteiger partial charge in [0.25, 0.3) is 0 Å². The van der Waals surface area contributed by atoms with Gasteiger partial charge in [-0.1, -0.05) is 48.6 Å². The van der Waals surface area contributed by atoms with Crippen molar-refractivity contribution in [1.29, 1.82) is 0 Å².